The molecule has 1 heterocycles. The van der Waals surface area contributed by atoms with Crippen molar-refractivity contribution < 1.29 is 9.90 Å². The minimum absolute atomic E-state index is 0.141. The molecule has 98 valence electrons. The lowest BCUT2D eigenvalue weighted by molar-refractivity contribution is -0.118. The Bertz CT molecular complexity index is 477. The predicted octanol–water partition coefficient (Wildman–Crippen LogP) is 1.37. The number of rotatable bonds is 2. The standard InChI is InChI=1S/C14H20N2O2/c1-14(2,18)13(15)10-4-6-11-9(8-10)5-7-12(17)16(11)3/h4,6,8,13,18H,5,7,15H2,1-3H3. The smallest absolute Gasteiger partial charge is 0.227 e. The number of hydrogen-bond donors (Lipinski definition) is 2. The van der Waals surface area contributed by atoms with E-state index >= 15 is 0 Å². The number of carbonyl (C=O) groups excluding carboxylic acids is 1. The first kappa shape index (κ1) is 13.1. The Hall–Kier alpha value is -1.39. The number of benzene rings is 1. The minimum atomic E-state index is -0.954. The number of nitrogens with two attached hydrogens (primary N) is 1. The molecule has 0 aliphatic carbocycles. The molecule has 2 rings (SSSR count). The Morgan fingerprint density at radius 3 is 2.67 bits per heavy atom. The van der Waals surface area contributed by atoms with Gasteiger partial charge in [-0.3, -0.25) is 4.79 Å². The number of nitrogens with zero attached hydrogens (tertiary/aromatic N) is 1. The molecule has 4 heteroatoms. The van der Waals surface area contributed by atoms with Gasteiger partial charge in [0.1, 0.15) is 0 Å². The summed E-state index contributed by atoms with van der Waals surface area (Å²) in [5.41, 5.74) is 8.05. The van der Waals surface area contributed by atoms with E-state index in [4.69, 9.17) is 5.73 Å². The monoisotopic (exact) mass is 248 g/mol. The highest BCUT2D eigenvalue weighted by molar-refractivity contribution is 5.95. The largest absolute Gasteiger partial charge is 0.388 e. The molecule has 0 radical (unpaired) electrons. The molecule has 0 aromatic heterocycles. The van der Waals surface area contributed by atoms with Crippen LogP contribution in [0, 0.1) is 0 Å². The second kappa shape index (κ2) is 4.37. The van der Waals surface area contributed by atoms with Crippen LogP contribution in [0.4, 0.5) is 5.69 Å². The van der Waals surface area contributed by atoms with Crippen molar-refractivity contribution in [3.63, 3.8) is 0 Å². The Labute approximate surface area is 107 Å². The van der Waals surface area contributed by atoms with Gasteiger partial charge < -0.3 is 15.7 Å². The number of anilines is 1. The quantitative estimate of drug-likeness (QED) is 0.830. The van der Waals surface area contributed by atoms with E-state index < -0.39 is 11.6 Å². The van der Waals surface area contributed by atoms with E-state index in [-0.39, 0.29) is 5.91 Å². The third-order valence-corrected chi connectivity index (χ3v) is 3.57. The number of hydrogen-bond acceptors (Lipinski definition) is 3. The molecule has 3 N–H and O–H groups in total. The molecule has 1 aliphatic rings. The van der Waals surface area contributed by atoms with Crippen LogP contribution in [0.3, 0.4) is 0 Å². The van der Waals surface area contributed by atoms with Crippen LogP contribution >= 0.6 is 0 Å². The SMILES string of the molecule is CN1C(=O)CCc2cc(C(N)C(C)(C)O)ccc21. The summed E-state index contributed by atoms with van der Waals surface area (Å²) in [7, 11) is 1.79. The molecule has 1 amide bonds. The lowest BCUT2D eigenvalue weighted by Gasteiger charge is -2.29. The maximum Gasteiger partial charge on any atom is 0.227 e. The van der Waals surface area contributed by atoms with Crippen molar-refractivity contribution in [2.24, 2.45) is 5.73 Å². The van der Waals surface area contributed by atoms with Gasteiger partial charge in [0, 0.05) is 19.2 Å². The molecule has 0 bridgehead atoms. The molecule has 0 saturated carbocycles. The van der Waals surface area contributed by atoms with Gasteiger partial charge in [-0.15, -0.1) is 0 Å². The number of carbonyl (C=O) groups is 1. The van der Waals surface area contributed by atoms with Crippen LogP contribution in [0.2, 0.25) is 0 Å². The first-order chi connectivity index (χ1) is 8.30. The molecular weight excluding hydrogens is 228 g/mol. The van der Waals surface area contributed by atoms with Gasteiger partial charge in [0.15, 0.2) is 0 Å². The third kappa shape index (κ3) is 2.26. The summed E-state index contributed by atoms with van der Waals surface area (Å²) >= 11 is 0. The van der Waals surface area contributed by atoms with E-state index in [2.05, 4.69) is 0 Å². The summed E-state index contributed by atoms with van der Waals surface area (Å²) in [6, 6.07) is 5.37. The van der Waals surface area contributed by atoms with Gasteiger partial charge in [-0.05, 0) is 37.5 Å². The van der Waals surface area contributed by atoms with Crippen molar-refractivity contribution >= 4 is 11.6 Å². The third-order valence-electron chi connectivity index (χ3n) is 3.57. The van der Waals surface area contributed by atoms with Crippen LogP contribution in [0.1, 0.15) is 37.4 Å². The fourth-order valence-electron chi connectivity index (χ4n) is 2.28. The maximum absolute atomic E-state index is 11.6. The van der Waals surface area contributed by atoms with Crippen LogP contribution in [-0.4, -0.2) is 23.7 Å². The van der Waals surface area contributed by atoms with Crippen molar-refractivity contribution in [2.75, 3.05) is 11.9 Å². The first-order valence-corrected chi connectivity index (χ1v) is 6.18. The van der Waals surface area contributed by atoms with Crippen molar-refractivity contribution in [3.8, 4) is 0 Å². The average Bonchev–Trinajstić information content (AvgIpc) is 2.31. The topological polar surface area (TPSA) is 66.6 Å². The van der Waals surface area contributed by atoms with Gasteiger partial charge in [-0.2, -0.15) is 0 Å². The Kier molecular flexibility index (Phi) is 3.17. The zero-order valence-corrected chi connectivity index (χ0v) is 11.1. The van der Waals surface area contributed by atoms with Gasteiger partial charge in [-0.1, -0.05) is 12.1 Å². The van der Waals surface area contributed by atoms with E-state index in [1.54, 1.807) is 25.8 Å². The summed E-state index contributed by atoms with van der Waals surface area (Å²) in [6.45, 7) is 3.40. The van der Waals surface area contributed by atoms with Crippen LogP contribution < -0.4 is 10.6 Å². The number of aryl methyl sites for hydroxylation is 1. The Morgan fingerprint density at radius 1 is 1.39 bits per heavy atom. The Balaban J connectivity index is 2.37. The highest BCUT2D eigenvalue weighted by Crippen LogP contribution is 2.31. The predicted molar refractivity (Wildman–Crippen MR) is 71.4 cm³/mol. The van der Waals surface area contributed by atoms with Crippen molar-refractivity contribution in [1.82, 2.24) is 0 Å². The normalized spacial score (nSPS) is 17.6. The van der Waals surface area contributed by atoms with E-state index in [1.807, 2.05) is 18.2 Å². The number of amides is 1. The fourth-order valence-corrected chi connectivity index (χ4v) is 2.28. The van der Waals surface area contributed by atoms with Gasteiger partial charge >= 0.3 is 0 Å². The molecule has 0 spiro atoms. The molecule has 1 aliphatic heterocycles. The van der Waals surface area contributed by atoms with Gasteiger partial charge in [0.25, 0.3) is 0 Å². The summed E-state index contributed by atoms with van der Waals surface area (Å²) < 4.78 is 0. The molecular formula is C14H20N2O2. The fraction of sp³-hybridized carbons (Fsp3) is 0.500. The van der Waals surface area contributed by atoms with Crippen LogP contribution in [0.15, 0.2) is 18.2 Å². The second-order valence-corrected chi connectivity index (χ2v) is 5.47. The second-order valence-electron chi connectivity index (χ2n) is 5.47. The van der Waals surface area contributed by atoms with E-state index in [9.17, 15) is 9.90 Å². The van der Waals surface area contributed by atoms with Crippen LogP contribution in [0.5, 0.6) is 0 Å². The van der Waals surface area contributed by atoms with Gasteiger partial charge in [0.2, 0.25) is 5.91 Å². The van der Waals surface area contributed by atoms with Crippen molar-refractivity contribution in [2.45, 2.75) is 38.3 Å². The maximum atomic E-state index is 11.6. The summed E-state index contributed by atoms with van der Waals surface area (Å²) in [6.07, 6.45) is 1.27. The molecule has 1 aromatic rings. The minimum Gasteiger partial charge on any atom is -0.388 e. The molecule has 0 saturated heterocycles. The molecule has 1 atom stereocenters. The Morgan fingerprint density at radius 2 is 2.06 bits per heavy atom. The van der Waals surface area contributed by atoms with Gasteiger partial charge in [-0.25, -0.2) is 0 Å². The molecule has 1 aromatic carbocycles. The first-order valence-electron chi connectivity index (χ1n) is 6.18. The van der Waals surface area contributed by atoms with Crippen LogP contribution in [0.25, 0.3) is 0 Å². The van der Waals surface area contributed by atoms with Crippen molar-refractivity contribution in [3.05, 3.63) is 29.3 Å². The summed E-state index contributed by atoms with van der Waals surface area (Å²) in [5.74, 6) is 0.141. The van der Waals surface area contributed by atoms with Crippen LogP contribution in [-0.2, 0) is 11.2 Å². The lowest BCUT2D eigenvalue weighted by atomic mass is 9.89. The zero-order chi connectivity index (χ0) is 13.5. The van der Waals surface area contributed by atoms with E-state index in [0.29, 0.717) is 6.42 Å². The molecule has 4 nitrogen and oxygen atoms in total. The molecule has 0 fully saturated rings. The summed E-state index contributed by atoms with van der Waals surface area (Å²) in [5, 5.41) is 9.95. The lowest BCUT2D eigenvalue weighted by Crippen LogP contribution is -2.35. The summed E-state index contributed by atoms with van der Waals surface area (Å²) in [4.78, 5) is 13.3. The molecule has 18 heavy (non-hydrogen) atoms. The highest BCUT2D eigenvalue weighted by Gasteiger charge is 2.27. The molecule has 1 unspecified atom stereocenters. The average molecular weight is 248 g/mol. The highest BCUT2D eigenvalue weighted by atomic mass is 16.3. The zero-order valence-electron chi connectivity index (χ0n) is 11.1. The van der Waals surface area contributed by atoms with E-state index in [0.717, 1.165) is 23.2 Å². The van der Waals surface area contributed by atoms with E-state index in [1.165, 1.54) is 0 Å². The number of aliphatic hydroxyl groups is 1. The van der Waals surface area contributed by atoms with Gasteiger partial charge in [0.05, 0.1) is 11.6 Å². The van der Waals surface area contributed by atoms with Crippen molar-refractivity contribution in [1.29, 1.82) is 0 Å². The number of fused-ring (bicyclic) bond motifs is 1.